The summed E-state index contributed by atoms with van der Waals surface area (Å²) in [6.45, 7) is 0. The molecule has 0 atom stereocenters. The highest BCUT2D eigenvalue weighted by molar-refractivity contribution is 7.98. The van der Waals surface area contributed by atoms with E-state index in [0.717, 1.165) is 15.1 Å². The molecule has 0 saturated heterocycles. The van der Waals surface area contributed by atoms with Crippen molar-refractivity contribution in [1.82, 2.24) is 4.98 Å². The summed E-state index contributed by atoms with van der Waals surface area (Å²) in [4.78, 5) is 16.2. The Morgan fingerprint density at radius 1 is 1.53 bits per heavy atom. The van der Waals surface area contributed by atoms with Gasteiger partial charge in [0.25, 0.3) is 0 Å². The molecule has 3 nitrogen and oxygen atoms in total. The molecule has 2 rings (SSSR count). The Labute approximate surface area is 95.5 Å². The minimum absolute atomic E-state index is 0.290. The van der Waals surface area contributed by atoms with Gasteiger partial charge in [0, 0.05) is 16.3 Å². The van der Waals surface area contributed by atoms with Gasteiger partial charge in [-0.2, -0.15) is 0 Å². The zero-order chi connectivity index (χ0) is 10.8. The van der Waals surface area contributed by atoms with Crippen LogP contribution >= 0.6 is 23.1 Å². The number of pyridine rings is 1. The third kappa shape index (κ3) is 1.98. The number of esters is 1. The fraction of sp³-hybridized carbons (Fsp3) is 0.200. The van der Waals surface area contributed by atoms with Gasteiger partial charge in [-0.05, 0) is 18.4 Å². The van der Waals surface area contributed by atoms with Gasteiger partial charge < -0.3 is 4.74 Å². The number of carbonyl (C=O) groups is 1. The minimum Gasteiger partial charge on any atom is -0.465 e. The van der Waals surface area contributed by atoms with Gasteiger partial charge >= 0.3 is 5.97 Å². The lowest BCUT2D eigenvalue weighted by molar-refractivity contribution is 0.0606. The summed E-state index contributed by atoms with van der Waals surface area (Å²) in [6.07, 6.45) is 3.76. The number of carbonyl (C=O) groups excluding carboxylic acids is 1. The van der Waals surface area contributed by atoms with Crippen molar-refractivity contribution in [2.24, 2.45) is 0 Å². The Morgan fingerprint density at radius 2 is 2.33 bits per heavy atom. The van der Waals surface area contributed by atoms with E-state index in [-0.39, 0.29) is 5.97 Å². The Balaban J connectivity index is 2.51. The maximum Gasteiger partial charge on any atom is 0.348 e. The van der Waals surface area contributed by atoms with Crippen molar-refractivity contribution in [3.05, 3.63) is 23.2 Å². The second-order valence-electron chi connectivity index (χ2n) is 2.87. The van der Waals surface area contributed by atoms with Crippen LogP contribution in [0.3, 0.4) is 0 Å². The van der Waals surface area contributed by atoms with Gasteiger partial charge in [0.2, 0.25) is 0 Å². The first-order valence-corrected chi connectivity index (χ1v) is 6.30. The molecular weight excluding hydrogens is 230 g/mol. The molecule has 0 aliphatic rings. The van der Waals surface area contributed by atoms with Crippen LogP contribution < -0.4 is 0 Å². The summed E-state index contributed by atoms with van der Waals surface area (Å²) in [5, 5.41) is 1.94. The second-order valence-corrected chi connectivity index (χ2v) is 4.78. The molecule has 0 amide bonds. The highest BCUT2D eigenvalue weighted by Gasteiger charge is 2.10. The molecule has 2 aromatic rings. The van der Waals surface area contributed by atoms with Gasteiger partial charge in [-0.3, -0.25) is 0 Å². The number of hydrogen-bond acceptors (Lipinski definition) is 5. The van der Waals surface area contributed by atoms with Gasteiger partial charge in [0.05, 0.1) is 12.1 Å². The zero-order valence-corrected chi connectivity index (χ0v) is 9.95. The number of fused-ring (bicyclic) bond motifs is 1. The highest BCUT2D eigenvalue weighted by Crippen LogP contribution is 2.28. The summed E-state index contributed by atoms with van der Waals surface area (Å²) in [7, 11) is 1.39. The number of thioether (sulfide) groups is 1. The summed E-state index contributed by atoms with van der Waals surface area (Å²) < 4.78 is 5.73. The Kier molecular flexibility index (Phi) is 2.93. The Morgan fingerprint density at radius 3 is 3.00 bits per heavy atom. The number of ether oxygens (including phenoxy) is 1. The van der Waals surface area contributed by atoms with Crippen LogP contribution in [0.15, 0.2) is 23.4 Å². The zero-order valence-electron chi connectivity index (χ0n) is 8.31. The predicted octanol–water partition coefficient (Wildman–Crippen LogP) is 2.80. The lowest BCUT2D eigenvalue weighted by atomic mass is 10.3. The SMILES string of the molecule is COC(=O)c1cc2cnc(SC)cc2s1. The molecule has 0 unspecified atom stereocenters. The molecule has 2 aromatic heterocycles. The molecule has 2 heterocycles. The monoisotopic (exact) mass is 239 g/mol. The smallest absolute Gasteiger partial charge is 0.348 e. The van der Waals surface area contributed by atoms with Crippen molar-refractivity contribution >= 4 is 39.2 Å². The van der Waals surface area contributed by atoms with Crippen LogP contribution in [-0.4, -0.2) is 24.3 Å². The molecule has 0 spiro atoms. The van der Waals surface area contributed by atoms with Crippen molar-refractivity contribution in [2.75, 3.05) is 13.4 Å². The molecule has 15 heavy (non-hydrogen) atoms. The quantitative estimate of drug-likeness (QED) is 0.596. The first kappa shape index (κ1) is 10.4. The summed E-state index contributed by atoms with van der Waals surface area (Å²) >= 11 is 3.02. The van der Waals surface area contributed by atoms with E-state index in [4.69, 9.17) is 0 Å². The largest absolute Gasteiger partial charge is 0.465 e. The van der Waals surface area contributed by atoms with Crippen LogP contribution in [0.1, 0.15) is 9.67 Å². The minimum atomic E-state index is -0.290. The highest BCUT2D eigenvalue weighted by atomic mass is 32.2. The Bertz CT molecular complexity index is 507. The summed E-state index contributed by atoms with van der Waals surface area (Å²) in [6, 6.07) is 3.79. The molecule has 0 fully saturated rings. The number of thiophene rings is 1. The van der Waals surface area contributed by atoms with Crippen LogP contribution in [-0.2, 0) is 4.74 Å². The van der Waals surface area contributed by atoms with Gasteiger partial charge in [0.1, 0.15) is 4.88 Å². The van der Waals surface area contributed by atoms with E-state index in [9.17, 15) is 4.79 Å². The molecule has 5 heteroatoms. The van der Waals surface area contributed by atoms with Crippen molar-refractivity contribution in [3.8, 4) is 0 Å². The van der Waals surface area contributed by atoms with Crippen molar-refractivity contribution < 1.29 is 9.53 Å². The maximum absolute atomic E-state index is 11.3. The van der Waals surface area contributed by atoms with Crippen LogP contribution in [0.25, 0.3) is 10.1 Å². The van der Waals surface area contributed by atoms with E-state index < -0.39 is 0 Å². The third-order valence-corrected chi connectivity index (χ3v) is 3.69. The normalized spacial score (nSPS) is 10.5. The molecule has 0 aliphatic heterocycles. The topological polar surface area (TPSA) is 39.2 Å². The maximum atomic E-state index is 11.3. The van der Waals surface area contributed by atoms with Crippen LogP contribution in [0, 0.1) is 0 Å². The van der Waals surface area contributed by atoms with E-state index in [1.165, 1.54) is 18.4 Å². The molecular formula is C10H9NO2S2. The fourth-order valence-electron chi connectivity index (χ4n) is 1.23. The molecule has 0 N–H and O–H groups in total. The number of hydrogen-bond donors (Lipinski definition) is 0. The second kappa shape index (κ2) is 4.20. The summed E-state index contributed by atoms with van der Waals surface area (Å²) in [5.74, 6) is -0.290. The van der Waals surface area contributed by atoms with Crippen LogP contribution in [0.4, 0.5) is 0 Å². The van der Waals surface area contributed by atoms with Crippen LogP contribution in [0.2, 0.25) is 0 Å². The number of aromatic nitrogens is 1. The van der Waals surface area contributed by atoms with E-state index in [1.807, 2.05) is 18.4 Å². The third-order valence-electron chi connectivity index (χ3n) is 1.97. The fourth-order valence-corrected chi connectivity index (χ4v) is 2.69. The van der Waals surface area contributed by atoms with Gasteiger partial charge in [-0.1, -0.05) is 0 Å². The number of rotatable bonds is 2. The van der Waals surface area contributed by atoms with Gasteiger partial charge in [-0.15, -0.1) is 23.1 Å². The van der Waals surface area contributed by atoms with E-state index >= 15 is 0 Å². The molecule has 0 bridgehead atoms. The lowest BCUT2D eigenvalue weighted by Gasteiger charge is -1.93. The molecule has 0 saturated carbocycles. The van der Waals surface area contributed by atoms with Crippen LogP contribution in [0.5, 0.6) is 0 Å². The summed E-state index contributed by atoms with van der Waals surface area (Å²) in [5.41, 5.74) is 0. The number of nitrogens with zero attached hydrogens (tertiary/aromatic N) is 1. The van der Waals surface area contributed by atoms with Gasteiger partial charge in [0.15, 0.2) is 0 Å². The van der Waals surface area contributed by atoms with Gasteiger partial charge in [-0.25, -0.2) is 9.78 Å². The standard InChI is InChI=1S/C10H9NO2S2/c1-13-10(12)8-3-6-5-11-9(14-2)4-7(6)15-8/h3-5H,1-2H3. The van der Waals surface area contributed by atoms with Crippen molar-refractivity contribution in [2.45, 2.75) is 5.03 Å². The molecule has 0 radical (unpaired) electrons. The van der Waals surface area contributed by atoms with E-state index in [1.54, 1.807) is 18.0 Å². The number of methoxy groups -OCH3 is 1. The predicted molar refractivity (Wildman–Crippen MR) is 62.7 cm³/mol. The van der Waals surface area contributed by atoms with Crippen molar-refractivity contribution in [1.29, 1.82) is 0 Å². The lowest BCUT2D eigenvalue weighted by Crippen LogP contribution is -1.96. The van der Waals surface area contributed by atoms with Crippen molar-refractivity contribution in [3.63, 3.8) is 0 Å². The Hall–Kier alpha value is -1.07. The molecule has 78 valence electrons. The van der Waals surface area contributed by atoms with E-state index in [2.05, 4.69) is 9.72 Å². The molecule has 0 aromatic carbocycles. The first-order valence-electron chi connectivity index (χ1n) is 4.26. The van der Waals surface area contributed by atoms with E-state index in [0.29, 0.717) is 4.88 Å². The molecule has 0 aliphatic carbocycles. The first-order chi connectivity index (χ1) is 7.24. The average molecular weight is 239 g/mol. The average Bonchev–Trinajstić information content (AvgIpc) is 2.70.